The minimum absolute atomic E-state index is 0.00600. The topological polar surface area (TPSA) is 182 Å². The molecule has 0 amide bonds. The molecule has 2 bridgehead atoms. The Morgan fingerprint density at radius 2 is 1.53 bits per heavy atom. The molecule has 1 aliphatic carbocycles. The summed E-state index contributed by atoms with van der Waals surface area (Å²) in [5.74, 6) is -3.22. The second-order valence-electron chi connectivity index (χ2n) is 20.5. The summed E-state index contributed by atoms with van der Waals surface area (Å²) in [6.07, 6.45) is 6.33. The fourth-order valence-corrected chi connectivity index (χ4v) is 11.6. The van der Waals surface area contributed by atoms with E-state index in [1.54, 1.807) is 33.3 Å². The molecule has 16 heteroatoms. The molecule has 0 aromatic rings. The molecule has 5 fully saturated rings. The molecule has 0 unspecified atom stereocenters. The van der Waals surface area contributed by atoms with Crippen LogP contribution in [0.25, 0.3) is 0 Å². The van der Waals surface area contributed by atoms with Crippen molar-refractivity contribution in [3.8, 4) is 0 Å². The van der Waals surface area contributed by atoms with Gasteiger partial charge in [0, 0.05) is 66.1 Å². The fourth-order valence-electron chi connectivity index (χ4n) is 11.6. The number of hydrogen-bond acceptors (Lipinski definition) is 16. The van der Waals surface area contributed by atoms with E-state index in [2.05, 4.69) is 33.8 Å². The average Bonchev–Trinajstić information content (AvgIpc) is 3.62. The summed E-state index contributed by atoms with van der Waals surface area (Å²) in [6.45, 7) is 18.9. The number of carbonyl (C=O) groups excluding carboxylic acids is 3. The predicted molar refractivity (Wildman–Crippen MR) is 246 cm³/mol. The molecule has 0 aromatic heterocycles. The second-order valence-corrected chi connectivity index (χ2v) is 20.5. The zero-order valence-corrected chi connectivity index (χ0v) is 42.2. The average molecular weight is 959 g/mol. The molecule has 0 radical (unpaired) electrons. The van der Waals surface area contributed by atoms with E-state index in [0.29, 0.717) is 61.5 Å². The van der Waals surface area contributed by atoms with Gasteiger partial charge in [0.1, 0.15) is 35.9 Å². The van der Waals surface area contributed by atoms with Gasteiger partial charge in [0.25, 0.3) is 0 Å². The highest BCUT2D eigenvalue weighted by Crippen LogP contribution is 2.49. The number of aliphatic hydroxyl groups is 1. The predicted octanol–water partition coefficient (Wildman–Crippen LogP) is 6.74. The highest BCUT2D eigenvalue weighted by Gasteiger charge is 2.61. The third-order valence-corrected chi connectivity index (χ3v) is 15.5. The SMILES string of the molecule is CC[C@H](C)[C@H]1O[C@]2(CC[C@@H]1C)C[C@@H]1C[C@@H](C/C=C(\C)[C@@H](O[C@H]3C[C@H](OC)[C@@H](O[C@H]4C[C@H](OC)[C@@H](OC(C)=O)[C@H](C)O4)[C@H](C)O3)[C@@H](C)/C=C/C=C3\CO[C@@H]4[C@H](OC(C)=O)C(C)=C[C@@H](C(=O)O1)[C@]34O)O2. The van der Waals surface area contributed by atoms with E-state index in [1.807, 2.05) is 32.9 Å². The molecule has 382 valence electrons. The monoisotopic (exact) mass is 959 g/mol. The first-order valence-corrected chi connectivity index (χ1v) is 24.9. The zero-order valence-electron chi connectivity index (χ0n) is 42.2. The third kappa shape index (κ3) is 11.3. The van der Waals surface area contributed by atoms with Crippen molar-refractivity contribution in [2.45, 2.75) is 218 Å². The lowest BCUT2D eigenvalue weighted by molar-refractivity contribution is -0.340. The van der Waals surface area contributed by atoms with Crippen molar-refractivity contribution in [2.75, 3.05) is 20.8 Å². The van der Waals surface area contributed by atoms with E-state index in [-0.39, 0.29) is 24.7 Å². The van der Waals surface area contributed by atoms with Crippen LogP contribution < -0.4 is 0 Å². The van der Waals surface area contributed by atoms with Crippen molar-refractivity contribution in [2.24, 2.45) is 23.7 Å². The van der Waals surface area contributed by atoms with E-state index in [4.69, 9.17) is 56.8 Å². The number of methoxy groups -OCH3 is 2. The number of carbonyl (C=O) groups is 3. The molecule has 1 N–H and O–H groups in total. The van der Waals surface area contributed by atoms with Gasteiger partial charge in [0.05, 0.1) is 43.2 Å². The van der Waals surface area contributed by atoms with Crippen LogP contribution in [0, 0.1) is 23.7 Å². The highest BCUT2D eigenvalue weighted by atomic mass is 16.7. The first kappa shape index (κ1) is 52.8. The summed E-state index contributed by atoms with van der Waals surface area (Å²) in [6, 6.07) is 0. The molecule has 7 rings (SSSR count). The maximum Gasteiger partial charge on any atom is 0.316 e. The van der Waals surface area contributed by atoms with Crippen LogP contribution in [0.4, 0.5) is 0 Å². The van der Waals surface area contributed by atoms with Crippen LogP contribution in [0.5, 0.6) is 0 Å². The number of ether oxygens (including phenoxy) is 12. The Labute approximate surface area is 402 Å². The lowest BCUT2D eigenvalue weighted by atomic mass is 9.70. The van der Waals surface area contributed by atoms with Crippen LogP contribution in [0.1, 0.15) is 121 Å². The molecular formula is C52H78O16. The van der Waals surface area contributed by atoms with Gasteiger partial charge in [-0.1, -0.05) is 64.5 Å². The Morgan fingerprint density at radius 1 is 0.868 bits per heavy atom. The van der Waals surface area contributed by atoms with Crippen LogP contribution in [0.3, 0.4) is 0 Å². The maximum atomic E-state index is 14.6. The molecule has 20 atom stereocenters. The molecule has 68 heavy (non-hydrogen) atoms. The van der Waals surface area contributed by atoms with Crippen LogP contribution in [0.15, 0.2) is 47.1 Å². The zero-order chi connectivity index (χ0) is 49.2. The molecule has 7 aliphatic rings. The van der Waals surface area contributed by atoms with Crippen molar-refractivity contribution < 1.29 is 76.3 Å². The van der Waals surface area contributed by atoms with Gasteiger partial charge in [-0.3, -0.25) is 14.4 Å². The van der Waals surface area contributed by atoms with Gasteiger partial charge in [-0.25, -0.2) is 0 Å². The third-order valence-electron chi connectivity index (χ3n) is 15.5. The van der Waals surface area contributed by atoms with Gasteiger partial charge < -0.3 is 61.9 Å². The molecule has 0 aromatic carbocycles. The summed E-state index contributed by atoms with van der Waals surface area (Å²) in [7, 11) is 3.22. The van der Waals surface area contributed by atoms with E-state index < -0.39 is 109 Å². The van der Waals surface area contributed by atoms with E-state index in [1.165, 1.54) is 13.8 Å². The summed E-state index contributed by atoms with van der Waals surface area (Å²) < 4.78 is 76.0. The molecule has 1 spiro atoms. The maximum absolute atomic E-state index is 14.6. The van der Waals surface area contributed by atoms with Crippen LogP contribution in [-0.4, -0.2) is 141 Å². The number of esters is 3. The van der Waals surface area contributed by atoms with Gasteiger partial charge in [-0.15, -0.1) is 0 Å². The first-order chi connectivity index (χ1) is 32.3. The minimum atomic E-state index is -1.87. The van der Waals surface area contributed by atoms with Crippen molar-refractivity contribution in [3.05, 3.63) is 47.1 Å². The summed E-state index contributed by atoms with van der Waals surface area (Å²) in [5.41, 5.74) is 0.137. The number of allylic oxidation sites excluding steroid dienone is 2. The smallest absolute Gasteiger partial charge is 0.316 e. The van der Waals surface area contributed by atoms with Gasteiger partial charge in [-0.2, -0.15) is 0 Å². The van der Waals surface area contributed by atoms with Gasteiger partial charge in [-0.05, 0) is 69.1 Å². The summed E-state index contributed by atoms with van der Waals surface area (Å²) in [4.78, 5) is 38.7. The second kappa shape index (κ2) is 22.2. The largest absolute Gasteiger partial charge is 0.462 e. The van der Waals surface area contributed by atoms with Crippen molar-refractivity contribution in [3.63, 3.8) is 0 Å². The van der Waals surface area contributed by atoms with Crippen LogP contribution >= 0.6 is 0 Å². The molecule has 6 aliphatic heterocycles. The van der Waals surface area contributed by atoms with Gasteiger partial charge in [0.2, 0.25) is 0 Å². The Bertz CT molecular complexity index is 1910. The molecule has 6 heterocycles. The summed E-state index contributed by atoms with van der Waals surface area (Å²) >= 11 is 0. The van der Waals surface area contributed by atoms with Gasteiger partial charge in [0.15, 0.2) is 30.6 Å². The number of rotatable bonds is 10. The van der Waals surface area contributed by atoms with Crippen molar-refractivity contribution >= 4 is 17.9 Å². The standard InChI is InChI=1S/C52H78O16/c1-13-27(2)45-30(5)19-20-51(68-45)25-38-22-37(67-51)18-17-29(4)44(28(3)15-14-16-36-26-59-49-46(62-34(9)53)31(6)21-39(50(55)64-38)52(36,49)56)65-42-24-41(58-12)48(33(8)61-42)66-43-23-40(57-11)47(32(7)60-43)63-35(10)54/h14-17,21,27-28,30,32-33,37-49,56H,13,18-20,22-26H2,1-12H3/b15-14+,29-17+,36-16+/t27-,28-,30-,32-,33-,37+,38-,39-,40-,41-,42-,43-,44-,45+,46+,47-,48-,49+,51+,52+/m0/s1. The van der Waals surface area contributed by atoms with Crippen molar-refractivity contribution in [1.29, 1.82) is 0 Å². The lowest BCUT2D eigenvalue weighted by Gasteiger charge is -2.51. The Kier molecular flexibility index (Phi) is 17.2. The Morgan fingerprint density at radius 3 is 2.19 bits per heavy atom. The quantitative estimate of drug-likeness (QED) is 0.138. The summed E-state index contributed by atoms with van der Waals surface area (Å²) in [5, 5.41) is 12.8. The molecule has 16 nitrogen and oxygen atoms in total. The van der Waals surface area contributed by atoms with Gasteiger partial charge >= 0.3 is 17.9 Å². The lowest BCUT2D eigenvalue weighted by Crippen LogP contribution is -2.59. The van der Waals surface area contributed by atoms with Crippen molar-refractivity contribution in [1.82, 2.24) is 0 Å². The van der Waals surface area contributed by atoms with Crippen LogP contribution in [-0.2, 0) is 71.2 Å². The number of hydrogen-bond donors (Lipinski definition) is 1. The molecule has 5 saturated heterocycles. The fraction of sp³-hybridized carbons (Fsp3) is 0.788. The molecule has 0 saturated carbocycles. The van der Waals surface area contributed by atoms with E-state index in [0.717, 1.165) is 18.4 Å². The van der Waals surface area contributed by atoms with Crippen LogP contribution in [0.2, 0.25) is 0 Å². The minimum Gasteiger partial charge on any atom is -0.462 e. The number of fused-ring (bicyclic) bond motifs is 2. The first-order valence-electron chi connectivity index (χ1n) is 24.9. The Balaban J connectivity index is 1.18. The Hall–Kier alpha value is -3.03. The normalized spacial score (nSPS) is 45.9. The highest BCUT2D eigenvalue weighted by molar-refractivity contribution is 5.79. The van der Waals surface area contributed by atoms with E-state index in [9.17, 15) is 19.5 Å². The molecular weight excluding hydrogens is 881 g/mol. The van der Waals surface area contributed by atoms with E-state index >= 15 is 0 Å².